The van der Waals surface area contributed by atoms with Gasteiger partial charge in [-0.1, -0.05) is 0 Å². The summed E-state index contributed by atoms with van der Waals surface area (Å²) in [7, 11) is 1.75. The van der Waals surface area contributed by atoms with E-state index in [0.29, 0.717) is 0 Å². The highest BCUT2D eigenvalue weighted by atomic mass is 35.5. The maximum Gasteiger partial charge on any atom is 0.0273 e. The second-order valence-electron chi connectivity index (χ2n) is 0.516. The van der Waals surface area contributed by atoms with Crippen LogP contribution in [0.2, 0.25) is 0 Å². The Morgan fingerprint density at radius 2 is 1.80 bits per heavy atom. The van der Waals surface area contributed by atoms with Crippen molar-refractivity contribution in [1.82, 2.24) is 0 Å². The monoisotopic (exact) mass is 93.0 g/mol. The van der Waals surface area contributed by atoms with Gasteiger partial charge in [-0.3, -0.25) is 0 Å². The van der Waals surface area contributed by atoms with Gasteiger partial charge in [-0.2, -0.15) is 0 Å². The number of rotatable bonds is 0. The van der Waals surface area contributed by atoms with Gasteiger partial charge in [0.1, 0.15) is 0 Å². The van der Waals surface area contributed by atoms with Crippen LogP contribution in [0.25, 0.3) is 0 Å². The van der Waals surface area contributed by atoms with E-state index in [4.69, 9.17) is 0 Å². The second kappa shape index (κ2) is 9.03. The first kappa shape index (κ1) is 8.88. The summed E-state index contributed by atoms with van der Waals surface area (Å²) in [6.45, 7) is 1.89. The van der Waals surface area contributed by atoms with Gasteiger partial charge in [0.2, 0.25) is 0 Å². The molecule has 0 aromatic rings. The van der Waals surface area contributed by atoms with Crippen molar-refractivity contribution in [2.45, 2.75) is 6.92 Å². The molecule has 0 spiro atoms. The summed E-state index contributed by atoms with van der Waals surface area (Å²) in [5.74, 6) is 0. The van der Waals surface area contributed by atoms with E-state index in [1.165, 1.54) is 0 Å². The summed E-state index contributed by atoms with van der Waals surface area (Å²) in [5, 5.41) is 0. The van der Waals surface area contributed by atoms with Crippen molar-refractivity contribution in [3.05, 3.63) is 0 Å². The Morgan fingerprint density at radius 3 is 1.80 bits per heavy atom. The molecule has 1 nitrogen and oxygen atoms in total. The van der Waals surface area contributed by atoms with Crippen LogP contribution < -0.4 is 0 Å². The first-order chi connectivity index (χ1) is 1.91. The Hall–Kier alpha value is -0.0400. The molecular formula is C3H8ClN. The van der Waals surface area contributed by atoms with Gasteiger partial charge in [0.15, 0.2) is 0 Å². The number of halogens is 1. The highest BCUT2D eigenvalue weighted by Crippen LogP contribution is 1.39. The molecule has 0 N–H and O–H groups in total. The van der Waals surface area contributed by atoms with Crippen molar-refractivity contribution < 1.29 is 0 Å². The fourth-order valence-corrected chi connectivity index (χ4v) is 0. The Bertz CT molecular complexity index is 22.1. The zero-order valence-corrected chi connectivity index (χ0v) is 4.25. The number of nitrogens with zero attached hydrogens (tertiary/aromatic N) is 1. The molecule has 0 radical (unpaired) electrons. The van der Waals surface area contributed by atoms with E-state index in [1.807, 2.05) is 6.92 Å². The van der Waals surface area contributed by atoms with E-state index >= 15 is 0 Å². The van der Waals surface area contributed by atoms with Gasteiger partial charge < -0.3 is 4.99 Å². The van der Waals surface area contributed by atoms with Gasteiger partial charge in [-0.15, -0.1) is 12.4 Å². The topological polar surface area (TPSA) is 12.4 Å². The summed E-state index contributed by atoms with van der Waals surface area (Å²) in [6, 6.07) is 0. The van der Waals surface area contributed by atoms with Gasteiger partial charge in [-0.25, -0.2) is 0 Å². The van der Waals surface area contributed by atoms with Crippen molar-refractivity contribution >= 4 is 18.6 Å². The van der Waals surface area contributed by atoms with Gasteiger partial charge in [-0.05, 0) is 13.1 Å². The highest BCUT2D eigenvalue weighted by molar-refractivity contribution is 5.85. The minimum absolute atomic E-state index is 0. The average molecular weight is 93.6 g/mol. The van der Waals surface area contributed by atoms with Gasteiger partial charge in [0.05, 0.1) is 0 Å². The molecule has 0 fully saturated rings. The van der Waals surface area contributed by atoms with E-state index in [-0.39, 0.29) is 12.4 Å². The molecule has 0 rings (SSSR count). The van der Waals surface area contributed by atoms with Crippen LogP contribution in [0.5, 0.6) is 0 Å². The fourth-order valence-electron chi connectivity index (χ4n) is 0. The van der Waals surface area contributed by atoms with Gasteiger partial charge in [0.25, 0.3) is 0 Å². The third-order valence-corrected chi connectivity index (χ3v) is 0.258. The zero-order valence-electron chi connectivity index (χ0n) is 3.43. The van der Waals surface area contributed by atoms with Crippen molar-refractivity contribution in [3.63, 3.8) is 0 Å². The Kier molecular flexibility index (Phi) is 16.0. The van der Waals surface area contributed by atoms with E-state index in [0.717, 1.165) is 0 Å². The van der Waals surface area contributed by atoms with Crippen LogP contribution in [0, 0.1) is 0 Å². The molecule has 0 aliphatic rings. The molecule has 0 bridgehead atoms. The molecule has 5 heavy (non-hydrogen) atoms. The summed E-state index contributed by atoms with van der Waals surface area (Å²) < 4.78 is 0. The lowest BCUT2D eigenvalue weighted by Crippen LogP contribution is -1.47. The first-order valence-electron chi connectivity index (χ1n) is 1.28. The van der Waals surface area contributed by atoms with Gasteiger partial charge >= 0.3 is 0 Å². The molecule has 0 saturated carbocycles. The van der Waals surface area contributed by atoms with Crippen LogP contribution in [-0.4, -0.2) is 13.3 Å². The molecular weight excluding hydrogens is 85.5 g/mol. The van der Waals surface area contributed by atoms with E-state index in [9.17, 15) is 0 Å². The maximum atomic E-state index is 3.61. The molecule has 0 saturated heterocycles. The predicted molar refractivity (Wildman–Crippen MR) is 27.3 cm³/mol. The van der Waals surface area contributed by atoms with Crippen LogP contribution in [0.15, 0.2) is 4.99 Å². The van der Waals surface area contributed by atoms with Crippen LogP contribution in [-0.2, 0) is 0 Å². The van der Waals surface area contributed by atoms with Crippen molar-refractivity contribution in [1.29, 1.82) is 0 Å². The molecule has 0 amide bonds. The van der Waals surface area contributed by atoms with Crippen LogP contribution >= 0.6 is 12.4 Å². The van der Waals surface area contributed by atoms with Crippen molar-refractivity contribution in [2.75, 3.05) is 7.05 Å². The smallest absolute Gasteiger partial charge is 0.0273 e. The molecule has 0 heterocycles. The van der Waals surface area contributed by atoms with E-state index in [2.05, 4.69) is 4.99 Å². The van der Waals surface area contributed by atoms with E-state index < -0.39 is 0 Å². The SMILES string of the molecule is CC=NC.Cl. The van der Waals surface area contributed by atoms with E-state index in [1.54, 1.807) is 13.3 Å². The summed E-state index contributed by atoms with van der Waals surface area (Å²) in [5.41, 5.74) is 0. The zero-order chi connectivity index (χ0) is 3.41. The molecule has 0 unspecified atom stereocenters. The van der Waals surface area contributed by atoms with Crippen molar-refractivity contribution in [3.8, 4) is 0 Å². The van der Waals surface area contributed by atoms with Crippen LogP contribution in [0.4, 0.5) is 0 Å². The number of hydrogen-bond acceptors (Lipinski definition) is 1. The van der Waals surface area contributed by atoms with Crippen LogP contribution in [0.3, 0.4) is 0 Å². The third-order valence-electron chi connectivity index (χ3n) is 0.258. The lowest BCUT2D eigenvalue weighted by Gasteiger charge is -1.53. The molecule has 0 atom stereocenters. The molecule has 2 heteroatoms. The second-order valence-corrected chi connectivity index (χ2v) is 0.516. The predicted octanol–water partition coefficient (Wildman–Crippen LogP) is 1.13. The molecule has 0 aromatic heterocycles. The molecule has 0 aromatic carbocycles. The lowest BCUT2D eigenvalue weighted by molar-refractivity contribution is 1.46. The summed E-state index contributed by atoms with van der Waals surface area (Å²) >= 11 is 0. The normalized spacial score (nSPS) is 7.60. The number of hydrogen-bond donors (Lipinski definition) is 0. The molecule has 32 valence electrons. The first-order valence-corrected chi connectivity index (χ1v) is 1.28. The minimum atomic E-state index is 0. The standard InChI is InChI=1S/C3H7N.ClH/c1-3-4-2;/h3H,1-2H3;1H. The van der Waals surface area contributed by atoms with Gasteiger partial charge in [0, 0.05) is 7.05 Å². The Morgan fingerprint density at radius 1 is 1.60 bits per heavy atom. The Labute approximate surface area is 38.5 Å². The third kappa shape index (κ3) is 16.5. The summed E-state index contributed by atoms with van der Waals surface area (Å²) in [6.07, 6.45) is 1.75. The molecule has 0 aliphatic carbocycles. The van der Waals surface area contributed by atoms with Crippen LogP contribution in [0.1, 0.15) is 6.92 Å². The number of aliphatic imine (C=N–C) groups is 1. The maximum absolute atomic E-state index is 3.61. The Balaban J connectivity index is 0. The summed E-state index contributed by atoms with van der Waals surface area (Å²) in [4.78, 5) is 3.61. The average Bonchev–Trinajstić information content (AvgIpc) is 1.37. The lowest BCUT2D eigenvalue weighted by atomic mass is 10.9. The quantitative estimate of drug-likeness (QED) is 0.398. The highest BCUT2D eigenvalue weighted by Gasteiger charge is 1.32. The largest absolute Gasteiger partial charge is 0.301 e. The van der Waals surface area contributed by atoms with Crippen molar-refractivity contribution in [2.24, 2.45) is 4.99 Å². The molecule has 0 aliphatic heterocycles. The fraction of sp³-hybridized carbons (Fsp3) is 0.667. The minimum Gasteiger partial charge on any atom is -0.301 e.